The van der Waals surface area contributed by atoms with Crippen molar-refractivity contribution in [3.63, 3.8) is 0 Å². The fraction of sp³-hybridized carbons (Fsp3) is 0.0952. The molecule has 5 heteroatoms. The molecule has 0 radical (unpaired) electrons. The largest absolute Gasteiger partial charge is 0.352 e. The molecule has 1 aromatic heterocycles. The fourth-order valence-electron chi connectivity index (χ4n) is 2.78. The molecule has 1 heterocycles. The average molecular weight is 343 g/mol. The Morgan fingerprint density at radius 2 is 1.69 bits per heavy atom. The van der Waals surface area contributed by atoms with Crippen LogP contribution in [-0.4, -0.2) is 22.6 Å². The molecule has 1 amide bonds. The van der Waals surface area contributed by atoms with Gasteiger partial charge in [-0.1, -0.05) is 65.8 Å². The number of rotatable bonds is 5. The normalized spacial score (nSPS) is 10.8. The molecule has 0 aliphatic carbocycles. The number of benzene rings is 3. The van der Waals surface area contributed by atoms with Gasteiger partial charge in [0.2, 0.25) is 11.7 Å². The molecule has 0 aliphatic heterocycles. The molecule has 0 spiro atoms. The van der Waals surface area contributed by atoms with Gasteiger partial charge in [-0.25, -0.2) is 0 Å². The Balaban J connectivity index is 1.37. The van der Waals surface area contributed by atoms with E-state index in [9.17, 15) is 4.79 Å². The lowest BCUT2D eigenvalue weighted by molar-refractivity contribution is 0.0953. The Hall–Kier alpha value is -3.47. The van der Waals surface area contributed by atoms with E-state index < -0.39 is 0 Å². The summed E-state index contributed by atoms with van der Waals surface area (Å²) < 4.78 is 5.25. The van der Waals surface area contributed by atoms with E-state index >= 15 is 0 Å². The summed E-state index contributed by atoms with van der Waals surface area (Å²) in [5.74, 6) is 0.947. The third-order valence-electron chi connectivity index (χ3n) is 4.14. The first kappa shape index (κ1) is 16.0. The monoisotopic (exact) mass is 343 g/mol. The Morgan fingerprint density at radius 3 is 2.54 bits per heavy atom. The van der Waals surface area contributed by atoms with E-state index in [-0.39, 0.29) is 5.91 Å². The number of carbonyl (C=O) groups is 1. The van der Waals surface area contributed by atoms with Crippen LogP contribution in [0.4, 0.5) is 0 Å². The maximum Gasteiger partial charge on any atom is 0.251 e. The quantitative estimate of drug-likeness (QED) is 0.597. The zero-order valence-electron chi connectivity index (χ0n) is 14.1. The molecule has 0 saturated heterocycles. The Morgan fingerprint density at radius 1 is 0.923 bits per heavy atom. The lowest BCUT2D eigenvalue weighted by Crippen LogP contribution is -2.25. The number of amides is 1. The van der Waals surface area contributed by atoms with Gasteiger partial charge < -0.3 is 9.84 Å². The van der Waals surface area contributed by atoms with Gasteiger partial charge in [0.25, 0.3) is 5.91 Å². The van der Waals surface area contributed by atoms with Gasteiger partial charge in [-0.3, -0.25) is 4.79 Å². The molecular weight excluding hydrogens is 326 g/mol. The number of fused-ring (bicyclic) bond motifs is 1. The third-order valence-corrected chi connectivity index (χ3v) is 4.14. The predicted octanol–water partition coefficient (Wildman–Crippen LogP) is 3.86. The van der Waals surface area contributed by atoms with Crippen LogP contribution < -0.4 is 5.32 Å². The summed E-state index contributed by atoms with van der Waals surface area (Å²) in [6.07, 6.45) is 0.485. The van der Waals surface area contributed by atoms with Gasteiger partial charge in [0, 0.05) is 24.1 Å². The highest BCUT2D eigenvalue weighted by atomic mass is 16.5. The first-order chi connectivity index (χ1) is 12.8. The van der Waals surface area contributed by atoms with E-state index in [0.717, 1.165) is 16.3 Å². The smallest absolute Gasteiger partial charge is 0.251 e. The molecule has 0 aliphatic rings. The Bertz CT molecular complexity index is 1040. The van der Waals surface area contributed by atoms with Gasteiger partial charge >= 0.3 is 0 Å². The zero-order chi connectivity index (χ0) is 17.8. The van der Waals surface area contributed by atoms with Crippen LogP contribution in [0.25, 0.3) is 22.2 Å². The first-order valence-electron chi connectivity index (χ1n) is 8.44. The van der Waals surface area contributed by atoms with Crippen LogP contribution >= 0.6 is 0 Å². The molecule has 4 rings (SSSR count). The maximum absolute atomic E-state index is 12.3. The molecule has 1 N–H and O–H groups in total. The van der Waals surface area contributed by atoms with Crippen molar-refractivity contribution in [2.45, 2.75) is 6.42 Å². The zero-order valence-corrected chi connectivity index (χ0v) is 14.1. The third kappa shape index (κ3) is 3.47. The molecule has 26 heavy (non-hydrogen) atoms. The number of carbonyl (C=O) groups excluding carboxylic acids is 1. The molecule has 0 fully saturated rings. The van der Waals surface area contributed by atoms with Crippen LogP contribution in [0.2, 0.25) is 0 Å². The lowest BCUT2D eigenvalue weighted by Gasteiger charge is -2.05. The molecular formula is C21H17N3O2. The molecule has 0 unspecified atom stereocenters. The summed E-state index contributed by atoms with van der Waals surface area (Å²) in [5, 5.41) is 9.03. The molecule has 128 valence electrons. The van der Waals surface area contributed by atoms with Crippen molar-refractivity contribution >= 4 is 16.7 Å². The van der Waals surface area contributed by atoms with Gasteiger partial charge in [-0.05, 0) is 22.9 Å². The van der Waals surface area contributed by atoms with Crippen molar-refractivity contribution in [2.75, 3.05) is 6.54 Å². The van der Waals surface area contributed by atoms with Gasteiger partial charge in [0.1, 0.15) is 0 Å². The van der Waals surface area contributed by atoms with Gasteiger partial charge in [0.05, 0.1) is 0 Å². The number of aromatic nitrogens is 2. The van der Waals surface area contributed by atoms with Crippen molar-refractivity contribution in [1.29, 1.82) is 0 Å². The minimum atomic E-state index is -0.112. The Kier molecular flexibility index (Phi) is 4.43. The minimum Gasteiger partial charge on any atom is -0.352 e. The number of nitrogens with one attached hydrogen (secondary N) is 1. The summed E-state index contributed by atoms with van der Waals surface area (Å²) in [4.78, 5) is 16.7. The first-order valence-corrected chi connectivity index (χ1v) is 8.44. The molecule has 0 atom stereocenters. The number of hydrogen-bond acceptors (Lipinski definition) is 4. The van der Waals surface area contributed by atoms with E-state index in [1.807, 2.05) is 72.8 Å². The van der Waals surface area contributed by atoms with E-state index in [4.69, 9.17) is 4.52 Å². The molecule has 5 nitrogen and oxygen atoms in total. The lowest BCUT2D eigenvalue weighted by atomic mass is 10.1. The van der Waals surface area contributed by atoms with Crippen molar-refractivity contribution < 1.29 is 9.32 Å². The second-order valence-corrected chi connectivity index (χ2v) is 5.95. The van der Waals surface area contributed by atoms with Crippen molar-refractivity contribution in [3.05, 3.63) is 84.3 Å². The van der Waals surface area contributed by atoms with E-state index in [0.29, 0.717) is 30.2 Å². The molecule has 3 aromatic carbocycles. The second kappa shape index (κ2) is 7.19. The summed E-state index contributed by atoms with van der Waals surface area (Å²) in [5.41, 5.74) is 1.54. The Labute approximate surface area is 150 Å². The van der Waals surface area contributed by atoms with Crippen LogP contribution in [0.15, 0.2) is 77.3 Å². The van der Waals surface area contributed by atoms with Crippen LogP contribution in [0.3, 0.4) is 0 Å². The highest BCUT2D eigenvalue weighted by Gasteiger charge is 2.10. The second-order valence-electron chi connectivity index (χ2n) is 5.95. The van der Waals surface area contributed by atoms with Gasteiger partial charge in [-0.2, -0.15) is 4.98 Å². The topological polar surface area (TPSA) is 68.0 Å². The summed E-state index contributed by atoms with van der Waals surface area (Å²) >= 11 is 0. The van der Waals surface area contributed by atoms with E-state index in [1.165, 1.54) is 0 Å². The fourth-order valence-corrected chi connectivity index (χ4v) is 2.78. The maximum atomic E-state index is 12.3. The molecule has 0 saturated carbocycles. The van der Waals surface area contributed by atoms with Crippen molar-refractivity contribution in [3.8, 4) is 11.4 Å². The standard InChI is InChI=1S/C21H17N3O2/c25-21(18-11-10-15-6-4-5-9-17(15)14-18)22-13-12-19-23-20(24-26-19)16-7-2-1-3-8-16/h1-11,14H,12-13H2,(H,22,25). The number of hydrogen-bond donors (Lipinski definition) is 1. The van der Waals surface area contributed by atoms with E-state index in [1.54, 1.807) is 0 Å². The minimum absolute atomic E-state index is 0.112. The van der Waals surface area contributed by atoms with Gasteiger partial charge in [0.15, 0.2) is 0 Å². The van der Waals surface area contributed by atoms with Crippen LogP contribution in [0, 0.1) is 0 Å². The van der Waals surface area contributed by atoms with Crippen LogP contribution in [-0.2, 0) is 6.42 Å². The SMILES string of the molecule is O=C(NCCc1nc(-c2ccccc2)no1)c1ccc2ccccc2c1. The molecule has 0 bridgehead atoms. The van der Waals surface area contributed by atoms with Crippen molar-refractivity contribution in [1.82, 2.24) is 15.5 Å². The van der Waals surface area contributed by atoms with Crippen LogP contribution in [0.5, 0.6) is 0 Å². The highest BCUT2D eigenvalue weighted by molar-refractivity contribution is 5.98. The summed E-state index contributed by atoms with van der Waals surface area (Å²) in [6, 6.07) is 23.3. The average Bonchev–Trinajstić information content (AvgIpc) is 3.17. The van der Waals surface area contributed by atoms with E-state index in [2.05, 4.69) is 15.5 Å². The highest BCUT2D eigenvalue weighted by Crippen LogP contribution is 2.16. The summed E-state index contributed by atoms with van der Waals surface area (Å²) in [7, 11) is 0. The molecule has 4 aromatic rings. The summed E-state index contributed by atoms with van der Waals surface area (Å²) in [6.45, 7) is 0.433. The van der Waals surface area contributed by atoms with Gasteiger partial charge in [-0.15, -0.1) is 0 Å². The van der Waals surface area contributed by atoms with Crippen molar-refractivity contribution in [2.24, 2.45) is 0 Å². The van der Waals surface area contributed by atoms with Crippen LogP contribution in [0.1, 0.15) is 16.2 Å². The number of nitrogens with zero attached hydrogens (tertiary/aromatic N) is 2. The predicted molar refractivity (Wildman–Crippen MR) is 99.7 cm³/mol.